The molecule has 0 saturated heterocycles. The van der Waals surface area contributed by atoms with Gasteiger partial charge in [-0.05, 0) is 31.4 Å². The fourth-order valence-electron chi connectivity index (χ4n) is 2.10. The molecular formula is C16H18N4O2S. The molecule has 1 fully saturated rings. The monoisotopic (exact) mass is 330 g/mol. The second-order valence-corrected chi connectivity index (χ2v) is 6.33. The highest BCUT2D eigenvalue weighted by molar-refractivity contribution is 7.14. The summed E-state index contributed by atoms with van der Waals surface area (Å²) < 4.78 is 0. The fourth-order valence-corrected chi connectivity index (χ4v) is 2.82. The van der Waals surface area contributed by atoms with Crippen molar-refractivity contribution in [2.45, 2.75) is 25.7 Å². The zero-order valence-corrected chi connectivity index (χ0v) is 13.4. The number of carbonyl (C=O) groups is 2. The highest BCUT2D eigenvalue weighted by Crippen LogP contribution is 2.28. The van der Waals surface area contributed by atoms with Crippen LogP contribution in [0.15, 0.2) is 29.8 Å². The van der Waals surface area contributed by atoms with E-state index in [1.807, 2.05) is 23.6 Å². The van der Waals surface area contributed by atoms with Gasteiger partial charge in [0.2, 0.25) is 11.8 Å². The molecule has 1 saturated carbocycles. The quantitative estimate of drug-likeness (QED) is 0.764. The van der Waals surface area contributed by atoms with Gasteiger partial charge >= 0.3 is 0 Å². The third-order valence-electron chi connectivity index (χ3n) is 3.51. The number of hydrogen-bond donors (Lipinski definition) is 2. The molecule has 0 radical (unpaired) electrons. The molecule has 0 atom stereocenters. The summed E-state index contributed by atoms with van der Waals surface area (Å²) >= 11 is 1.38. The lowest BCUT2D eigenvalue weighted by Gasteiger charge is -2.04. The van der Waals surface area contributed by atoms with E-state index in [1.165, 1.54) is 11.3 Å². The third kappa shape index (κ3) is 4.59. The van der Waals surface area contributed by atoms with E-state index in [0.717, 1.165) is 24.2 Å². The van der Waals surface area contributed by atoms with E-state index in [-0.39, 0.29) is 17.7 Å². The summed E-state index contributed by atoms with van der Waals surface area (Å²) in [6.45, 7) is 0.541. The maximum Gasteiger partial charge on any atom is 0.226 e. The Balaban J connectivity index is 1.41. The molecule has 23 heavy (non-hydrogen) atoms. The second-order valence-electron chi connectivity index (χ2n) is 5.47. The van der Waals surface area contributed by atoms with E-state index < -0.39 is 0 Å². The number of hydrogen-bond acceptors (Lipinski definition) is 5. The number of amides is 2. The number of carbonyl (C=O) groups excluding carboxylic acids is 2. The molecule has 6 nitrogen and oxygen atoms in total. The summed E-state index contributed by atoms with van der Waals surface area (Å²) in [5.74, 6) is 0.238. The van der Waals surface area contributed by atoms with Gasteiger partial charge in [0.25, 0.3) is 0 Å². The van der Waals surface area contributed by atoms with Crippen molar-refractivity contribution in [1.82, 2.24) is 15.3 Å². The van der Waals surface area contributed by atoms with Crippen LogP contribution in [-0.4, -0.2) is 28.3 Å². The van der Waals surface area contributed by atoms with Crippen LogP contribution < -0.4 is 10.6 Å². The topological polar surface area (TPSA) is 84.0 Å². The third-order valence-corrected chi connectivity index (χ3v) is 4.26. The number of aromatic nitrogens is 2. The molecule has 0 aromatic carbocycles. The molecule has 7 heteroatoms. The van der Waals surface area contributed by atoms with Gasteiger partial charge in [0.15, 0.2) is 5.13 Å². The molecule has 2 heterocycles. The first-order chi connectivity index (χ1) is 11.2. The second kappa shape index (κ2) is 7.32. The Morgan fingerprint density at radius 3 is 2.87 bits per heavy atom. The zero-order valence-electron chi connectivity index (χ0n) is 12.6. The van der Waals surface area contributed by atoms with Crippen LogP contribution in [0.4, 0.5) is 5.13 Å². The van der Waals surface area contributed by atoms with Crippen LogP contribution in [0.25, 0.3) is 11.4 Å². The van der Waals surface area contributed by atoms with Crippen molar-refractivity contribution >= 4 is 28.3 Å². The van der Waals surface area contributed by atoms with E-state index in [2.05, 4.69) is 20.6 Å². The predicted octanol–water partition coefficient (Wildman–Crippen LogP) is 2.45. The van der Waals surface area contributed by atoms with Crippen LogP contribution in [0.5, 0.6) is 0 Å². The average Bonchev–Trinajstić information content (AvgIpc) is 3.32. The number of nitrogens with zero attached hydrogens (tertiary/aromatic N) is 2. The summed E-state index contributed by atoms with van der Waals surface area (Å²) in [5.41, 5.74) is 1.54. The van der Waals surface area contributed by atoms with Crippen molar-refractivity contribution in [2.24, 2.45) is 5.92 Å². The summed E-state index contributed by atoms with van der Waals surface area (Å²) in [6.07, 6.45) is 4.69. The van der Waals surface area contributed by atoms with Gasteiger partial charge in [0, 0.05) is 30.5 Å². The van der Waals surface area contributed by atoms with E-state index >= 15 is 0 Å². The van der Waals surface area contributed by atoms with E-state index in [1.54, 1.807) is 6.20 Å². The van der Waals surface area contributed by atoms with Gasteiger partial charge in [-0.1, -0.05) is 6.07 Å². The van der Waals surface area contributed by atoms with Crippen molar-refractivity contribution in [3.05, 3.63) is 29.8 Å². The van der Waals surface area contributed by atoms with Crippen molar-refractivity contribution in [2.75, 3.05) is 11.9 Å². The van der Waals surface area contributed by atoms with Gasteiger partial charge in [-0.3, -0.25) is 14.6 Å². The minimum absolute atomic E-state index is 0.0902. The standard InChI is InChI=1S/C16H18N4O2S/c21-14(5-3-9-18-15(22)11-6-7-11)20-16-19-13(10-23-16)12-4-1-2-8-17-12/h1-2,4,8,10-11H,3,5-7,9H2,(H,18,22)(H,19,20,21). The van der Waals surface area contributed by atoms with Crippen LogP contribution in [0.2, 0.25) is 0 Å². The average molecular weight is 330 g/mol. The Labute approximate surface area is 138 Å². The highest BCUT2D eigenvalue weighted by atomic mass is 32.1. The highest BCUT2D eigenvalue weighted by Gasteiger charge is 2.28. The van der Waals surface area contributed by atoms with Crippen molar-refractivity contribution in [3.63, 3.8) is 0 Å². The summed E-state index contributed by atoms with van der Waals surface area (Å²) in [4.78, 5) is 31.9. The van der Waals surface area contributed by atoms with E-state index in [4.69, 9.17) is 0 Å². The number of thiazole rings is 1. The van der Waals surface area contributed by atoms with Crippen LogP contribution in [0.3, 0.4) is 0 Å². The molecule has 0 spiro atoms. The molecule has 120 valence electrons. The van der Waals surface area contributed by atoms with E-state index in [9.17, 15) is 9.59 Å². The normalized spacial score (nSPS) is 13.6. The Hall–Kier alpha value is -2.28. The van der Waals surface area contributed by atoms with Crippen LogP contribution >= 0.6 is 11.3 Å². The molecular weight excluding hydrogens is 312 g/mol. The lowest BCUT2D eigenvalue weighted by Crippen LogP contribution is -2.26. The van der Waals surface area contributed by atoms with Crippen LogP contribution in [-0.2, 0) is 9.59 Å². The zero-order chi connectivity index (χ0) is 16.1. The van der Waals surface area contributed by atoms with Crippen molar-refractivity contribution in [1.29, 1.82) is 0 Å². The van der Waals surface area contributed by atoms with Crippen molar-refractivity contribution < 1.29 is 9.59 Å². The molecule has 0 aliphatic heterocycles. The van der Waals surface area contributed by atoms with Crippen molar-refractivity contribution in [3.8, 4) is 11.4 Å². The summed E-state index contributed by atoms with van der Waals surface area (Å²) in [5, 5.41) is 8.07. The molecule has 2 N–H and O–H groups in total. The SMILES string of the molecule is O=C(CCCNC(=O)C1CC1)Nc1nc(-c2ccccn2)cs1. The Morgan fingerprint density at radius 1 is 1.26 bits per heavy atom. The minimum Gasteiger partial charge on any atom is -0.356 e. The minimum atomic E-state index is -0.0902. The predicted molar refractivity (Wildman–Crippen MR) is 88.9 cm³/mol. The van der Waals surface area contributed by atoms with Gasteiger partial charge in [-0.15, -0.1) is 11.3 Å². The van der Waals surface area contributed by atoms with E-state index in [0.29, 0.717) is 24.5 Å². The molecule has 2 aromatic rings. The number of anilines is 1. The molecule has 3 rings (SSSR count). The largest absolute Gasteiger partial charge is 0.356 e. The van der Waals surface area contributed by atoms with Gasteiger partial charge in [0.05, 0.1) is 5.69 Å². The maximum absolute atomic E-state index is 11.9. The first-order valence-corrected chi connectivity index (χ1v) is 8.55. The van der Waals surface area contributed by atoms with Crippen LogP contribution in [0, 0.1) is 5.92 Å². The molecule has 0 bridgehead atoms. The smallest absolute Gasteiger partial charge is 0.226 e. The van der Waals surface area contributed by atoms with Gasteiger partial charge < -0.3 is 10.6 Å². The Bertz CT molecular complexity index is 682. The molecule has 2 amide bonds. The summed E-state index contributed by atoms with van der Waals surface area (Å²) in [6, 6.07) is 5.62. The summed E-state index contributed by atoms with van der Waals surface area (Å²) in [7, 11) is 0. The Morgan fingerprint density at radius 2 is 2.13 bits per heavy atom. The molecule has 1 aliphatic rings. The molecule has 1 aliphatic carbocycles. The maximum atomic E-state index is 11.9. The Kier molecular flexibility index (Phi) is 4.97. The van der Waals surface area contributed by atoms with Gasteiger partial charge in [-0.25, -0.2) is 4.98 Å². The van der Waals surface area contributed by atoms with Gasteiger partial charge in [-0.2, -0.15) is 0 Å². The lowest BCUT2D eigenvalue weighted by atomic mass is 10.3. The fraction of sp³-hybridized carbons (Fsp3) is 0.375. The lowest BCUT2D eigenvalue weighted by molar-refractivity contribution is -0.122. The molecule has 0 unspecified atom stereocenters. The first-order valence-electron chi connectivity index (χ1n) is 7.67. The number of nitrogens with one attached hydrogen (secondary N) is 2. The first kappa shape index (κ1) is 15.6. The van der Waals surface area contributed by atoms with Crippen LogP contribution in [0.1, 0.15) is 25.7 Å². The number of pyridine rings is 1. The van der Waals surface area contributed by atoms with Gasteiger partial charge in [0.1, 0.15) is 5.69 Å². The number of rotatable bonds is 7. The molecule has 2 aromatic heterocycles.